The van der Waals surface area contributed by atoms with Gasteiger partial charge in [0.15, 0.2) is 11.5 Å². The van der Waals surface area contributed by atoms with Gasteiger partial charge in [-0.2, -0.15) is 0 Å². The van der Waals surface area contributed by atoms with Gasteiger partial charge in [0.05, 0.1) is 25.3 Å². The highest BCUT2D eigenvalue weighted by Gasteiger charge is 2.46. The second kappa shape index (κ2) is 13.4. The third-order valence-corrected chi connectivity index (χ3v) is 7.93. The zero-order valence-corrected chi connectivity index (χ0v) is 25.2. The van der Waals surface area contributed by atoms with Gasteiger partial charge in [-0.05, 0) is 86.8 Å². The first-order valence-electron chi connectivity index (χ1n) is 14.8. The number of hydrogen-bond donors (Lipinski definition) is 1. The lowest BCUT2D eigenvalue weighted by Crippen LogP contribution is -2.33. The van der Waals surface area contributed by atoms with Crippen molar-refractivity contribution in [1.82, 2.24) is 9.80 Å². The highest BCUT2D eigenvalue weighted by Crippen LogP contribution is 2.43. The quantitative estimate of drug-likeness (QED) is 0.193. The Morgan fingerprint density at radius 1 is 1.12 bits per heavy atom. The molecule has 2 aromatic rings. The van der Waals surface area contributed by atoms with E-state index in [9.17, 15) is 14.7 Å². The molecule has 0 aromatic heterocycles. The second-order valence-electron chi connectivity index (χ2n) is 11.3. The Kier molecular flexibility index (Phi) is 9.97. The lowest BCUT2D eigenvalue weighted by Gasteiger charge is -2.27. The van der Waals surface area contributed by atoms with Gasteiger partial charge in [0.1, 0.15) is 17.6 Å². The molecule has 0 saturated carbocycles. The number of rotatable bonds is 13. The number of fused-ring (bicyclic) bond motifs is 1. The fourth-order valence-corrected chi connectivity index (χ4v) is 5.56. The molecule has 41 heavy (non-hydrogen) atoms. The molecule has 0 bridgehead atoms. The van der Waals surface area contributed by atoms with E-state index >= 15 is 0 Å². The van der Waals surface area contributed by atoms with Crippen LogP contribution in [-0.2, 0) is 16.0 Å². The van der Waals surface area contributed by atoms with E-state index in [0.29, 0.717) is 48.1 Å². The van der Waals surface area contributed by atoms with Gasteiger partial charge < -0.3 is 29.1 Å². The SMILES string of the molecule is CCN(CC)CCCN1C(=O)C(=O)/C(=C(/O)c2ccc3c(c2)C[C@H](C)O3)[C@H]1c1ccc(OCCC(C)C)c(OC)c1. The van der Waals surface area contributed by atoms with Gasteiger partial charge >= 0.3 is 0 Å². The van der Waals surface area contributed by atoms with Crippen LogP contribution in [0.4, 0.5) is 0 Å². The van der Waals surface area contributed by atoms with Crippen LogP contribution in [0.5, 0.6) is 17.2 Å². The molecule has 222 valence electrons. The summed E-state index contributed by atoms with van der Waals surface area (Å²) in [4.78, 5) is 30.9. The second-order valence-corrected chi connectivity index (χ2v) is 11.3. The van der Waals surface area contributed by atoms with Crippen molar-refractivity contribution in [1.29, 1.82) is 0 Å². The molecule has 2 aliphatic rings. The normalized spacial score (nSPS) is 19.7. The standard InChI is InChI=1S/C33H44N2O6/c1-7-34(8-2)15-9-16-35-30(23-10-13-27(28(20-23)39-6)40-17-14-21(3)4)29(32(37)33(35)38)31(36)24-11-12-26-25(19-24)18-22(5)41-26/h10-13,19-22,30,36H,7-9,14-18H2,1-6H3/b31-29+/t22-,30+/m0/s1. The van der Waals surface area contributed by atoms with Crippen LogP contribution in [-0.4, -0.2) is 72.6 Å². The fourth-order valence-electron chi connectivity index (χ4n) is 5.56. The molecule has 1 amide bonds. The summed E-state index contributed by atoms with van der Waals surface area (Å²) in [6.07, 6.45) is 2.37. The Labute approximate surface area is 243 Å². The summed E-state index contributed by atoms with van der Waals surface area (Å²) in [5, 5.41) is 11.6. The van der Waals surface area contributed by atoms with E-state index in [2.05, 4.69) is 32.6 Å². The smallest absolute Gasteiger partial charge is 0.295 e. The number of carbonyl (C=O) groups is 2. The van der Waals surface area contributed by atoms with Crippen molar-refractivity contribution >= 4 is 17.4 Å². The van der Waals surface area contributed by atoms with Crippen molar-refractivity contribution in [2.24, 2.45) is 5.92 Å². The number of benzene rings is 2. The van der Waals surface area contributed by atoms with Crippen LogP contribution in [0.2, 0.25) is 0 Å². The molecule has 0 unspecified atom stereocenters. The molecule has 0 radical (unpaired) electrons. The van der Waals surface area contributed by atoms with Crippen molar-refractivity contribution in [2.75, 3.05) is 39.9 Å². The van der Waals surface area contributed by atoms with Crippen LogP contribution < -0.4 is 14.2 Å². The van der Waals surface area contributed by atoms with E-state index in [-0.39, 0.29) is 17.4 Å². The van der Waals surface area contributed by atoms with E-state index in [4.69, 9.17) is 14.2 Å². The monoisotopic (exact) mass is 564 g/mol. The first-order chi connectivity index (χ1) is 19.7. The van der Waals surface area contributed by atoms with Gasteiger partial charge in [-0.1, -0.05) is 33.8 Å². The number of amides is 1. The van der Waals surface area contributed by atoms with Gasteiger partial charge in [-0.3, -0.25) is 9.59 Å². The average molecular weight is 565 g/mol. The summed E-state index contributed by atoms with van der Waals surface area (Å²) >= 11 is 0. The van der Waals surface area contributed by atoms with Crippen LogP contribution in [0.1, 0.15) is 70.2 Å². The van der Waals surface area contributed by atoms with Crippen molar-refractivity contribution in [3.8, 4) is 17.2 Å². The third kappa shape index (κ3) is 6.70. The van der Waals surface area contributed by atoms with Gasteiger partial charge in [0.2, 0.25) is 0 Å². The number of likely N-dealkylation sites (tertiary alicyclic amines) is 1. The Hall–Kier alpha value is -3.52. The number of Topliss-reactive ketones (excluding diaryl/α,β-unsaturated/α-hetero) is 1. The number of aliphatic hydroxyl groups excluding tert-OH is 1. The maximum atomic E-state index is 13.5. The molecule has 0 spiro atoms. The zero-order valence-electron chi connectivity index (χ0n) is 25.2. The molecule has 2 aliphatic heterocycles. The Morgan fingerprint density at radius 3 is 2.56 bits per heavy atom. The topological polar surface area (TPSA) is 88.5 Å². The lowest BCUT2D eigenvalue weighted by molar-refractivity contribution is -0.140. The zero-order chi connectivity index (χ0) is 29.7. The molecule has 8 heteroatoms. The molecule has 2 aromatic carbocycles. The molecule has 4 rings (SSSR count). The number of ketones is 1. The summed E-state index contributed by atoms with van der Waals surface area (Å²) < 4.78 is 17.5. The van der Waals surface area contributed by atoms with Crippen LogP contribution in [0, 0.1) is 5.92 Å². The first-order valence-corrected chi connectivity index (χ1v) is 14.8. The minimum atomic E-state index is -0.756. The largest absolute Gasteiger partial charge is 0.507 e. The summed E-state index contributed by atoms with van der Waals surface area (Å²) in [5.74, 6) is 0.928. The van der Waals surface area contributed by atoms with E-state index < -0.39 is 17.7 Å². The predicted octanol–water partition coefficient (Wildman–Crippen LogP) is 5.60. The minimum absolute atomic E-state index is 0.0486. The van der Waals surface area contributed by atoms with Crippen molar-refractivity contribution in [3.63, 3.8) is 0 Å². The average Bonchev–Trinajstić information content (AvgIpc) is 3.45. The minimum Gasteiger partial charge on any atom is -0.507 e. The van der Waals surface area contributed by atoms with E-state index in [0.717, 1.165) is 43.8 Å². The number of hydrogen-bond acceptors (Lipinski definition) is 7. The van der Waals surface area contributed by atoms with Gasteiger partial charge in [-0.15, -0.1) is 0 Å². The van der Waals surface area contributed by atoms with E-state index in [1.165, 1.54) is 0 Å². The summed E-state index contributed by atoms with van der Waals surface area (Å²) in [6, 6.07) is 10.1. The van der Waals surface area contributed by atoms with E-state index in [1.54, 1.807) is 18.1 Å². The Morgan fingerprint density at radius 2 is 1.88 bits per heavy atom. The maximum Gasteiger partial charge on any atom is 0.295 e. The molecule has 2 atom stereocenters. The summed E-state index contributed by atoms with van der Waals surface area (Å²) in [5.41, 5.74) is 2.23. The third-order valence-electron chi connectivity index (χ3n) is 7.93. The van der Waals surface area contributed by atoms with E-state index in [1.807, 2.05) is 37.3 Å². The predicted molar refractivity (Wildman–Crippen MR) is 160 cm³/mol. The number of aliphatic hydroxyl groups is 1. The van der Waals surface area contributed by atoms with Gasteiger partial charge in [0.25, 0.3) is 11.7 Å². The van der Waals surface area contributed by atoms with Gasteiger partial charge in [0, 0.05) is 18.5 Å². The molecule has 8 nitrogen and oxygen atoms in total. The van der Waals surface area contributed by atoms with Crippen LogP contribution >= 0.6 is 0 Å². The summed E-state index contributed by atoms with van der Waals surface area (Å²) in [6.45, 7) is 14.0. The van der Waals surface area contributed by atoms with Crippen molar-refractivity contribution in [2.45, 2.75) is 66.0 Å². The first kappa shape index (κ1) is 30.4. The molecule has 1 fully saturated rings. The molecule has 1 saturated heterocycles. The van der Waals surface area contributed by atoms with Crippen molar-refractivity contribution in [3.05, 3.63) is 58.7 Å². The number of carbonyl (C=O) groups excluding carboxylic acids is 2. The molecular formula is C33H44N2O6. The molecular weight excluding hydrogens is 520 g/mol. The van der Waals surface area contributed by atoms with Crippen LogP contribution in [0.15, 0.2) is 42.0 Å². The number of ether oxygens (including phenoxy) is 3. The number of methoxy groups -OCH3 is 1. The number of nitrogens with zero attached hydrogens (tertiary/aromatic N) is 2. The fraction of sp³-hybridized carbons (Fsp3) is 0.515. The van der Waals surface area contributed by atoms with Crippen LogP contribution in [0.3, 0.4) is 0 Å². The molecule has 0 aliphatic carbocycles. The molecule has 1 N–H and O–H groups in total. The highest BCUT2D eigenvalue weighted by molar-refractivity contribution is 6.46. The van der Waals surface area contributed by atoms with Crippen LogP contribution in [0.25, 0.3) is 5.76 Å². The Bertz CT molecular complexity index is 1280. The lowest BCUT2D eigenvalue weighted by atomic mass is 9.94. The van der Waals surface area contributed by atoms with Crippen molar-refractivity contribution < 1.29 is 28.9 Å². The Balaban J connectivity index is 1.74. The molecule has 2 heterocycles. The maximum absolute atomic E-state index is 13.5. The highest BCUT2D eigenvalue weighted by atomic mass is 16.5. The summed E-state index contributed by atoms with van der Waals surface area (Å²) in [7, 11) is 1.57. The van der Waals surface area contributed by atoms with Gasteiger partial charge in [-0.25, -0.2) is 0 Å².